The van der Waals surface area contributed by atoms with Gasteiger partial charge in [0, 0.05) is 16.3 Å². The summed E-state index contributed by atoms with van der Waals surface area (Å²) in [5.41, 5.74) is 1.29. The molecule has 0 aliphatic rings. The van der Waals surface area contributed by atoms with Crippen LogP contribution >= 0.6 is 11.8 Å². The summed E-state index contributed by atoms with van der Waals surface area (Å²) in [4.78, 5) is 2.37. The number of nitrogens with one attached hydrogen (secondary N) is 1. The lowest BCUT2D eigenvalue weighted by Crippen LogP contribution is -2.05. The Kier molecular flexibility index (Phi) is 4.07. The van der Waals surface area contributed by atoms with E-state index in [0.717, 1.165) is 11.4 Å². The molecule has 2 aromatic carbocycles. The molecule has 0 fully saturated rings. The second kappa shape index (κ2) is 5.75. The fraction of sp³-hybridized carbons (Fsp3) is 0.143. The van der Waals surface area contributed by atoms with E-state index in [0.29, 0.717) is 5.75 Å². The lowest BCUT2D eigenvalue weighted by atomic mass is 10.2. The molecule has 0 spiro atoms. The number of benzene rings is 2. The van der Waals surface area contributed by atoms with Crippen molar-refractivity contribution in [2.75, 3.05) is 7.05 Å². The van der Waals surface area contributed by atoms with Crippen LogP contribution in [-0.4, -0.2) is 12.2 Å². The van der Waals surface area contributed by atoms with Crippen molar-refractivity contribution in [3.05, 3.63) is 54.1 Å². The molecule has 2 nitrogen and oxygen atoms in total. The van der Waals surface area contributed by atoms with Crippen LogP contribution in [0.2, 0.25) is 0 Å². The topological polar surface area (TPSA) is 32.3 Å². The normalized spacial score (nSPS) is 10.4. The van der Waals surface area contributed by atoms with E-state index >= 15 is 0 Å². The molecule has 0 heterocycles. The Bertz CT molecular complexity index is 482. The van der Waals surface area contributed by atoms with Crippen molar-refractivity contribution in [3.8, 4) is 5.75 Å². The van der Waals surface area contributed by atoms with Crippen molar-refractivity contribution in [2.45, 2.75) is 16.3 Å². The maximum Gasteiger partial charge on any atom is 0.115 e. The molecule has 3 heteroatoms. The average Bonchev–Trinajstić information content (AvgIpc) is 2.35. The van der Waals surface area contributed by atoms with Gasteiger partial charge in [0.2, 0.25) is 0 Å². The highest BCUT2D eigenvalue weighted by Crippen LogP contribution is 2.31. The molecule has 88 valence electrons. The molecule has 0 aromatic heterocycles. The predicted octanol–water partition coefficient (Wildman–Crippen LogP) is 3.26. The molecule has 0 saturated carbocycles. The first-order chi connectivity index (χ1) is 8.29. The second-order valence-corrected chi connectivity index (χ2v) is 4.85. The molecule has 0 aliphatic heterocycles. The molecule has 0 bridgehead atoms. The lowest BCUT2D eigenvalue weighted by molar-refractivity contribution is 0.475. The highest BCUT2D eigenvalue weighted by atomic mass is 32.2. The minimum Gasteiger partial charge on any atom is -0.508 e. The fourth-order valence-corrected chi connectivity index (χ4v) is 2.53. The first-order valence-electron chi connectivity index (χ1n) is 5.49. The van der Waals surface area contributed by atoms with Gasteiger partial charge in [-0.15, -0.1) is 0 Å². The average molecular weight is 245 g/mol. The summed E-state index contributed by atoms with van der Waals surface area (Å²) < 4.78 is 0. The van der Waals surface area contributed by atoms with E-state index in [4.69, 9.17) is 0 Å². The minimum absolute atomic E-state index is 0.304. The van der Waals surface area contributed by atoms with Crippen LogP contribution in [0.4, 0.5) is 0 Å². The van der Waals surface area contributed by atoms with Gasteiger partial charge < -0.3 is 10.4 Å². The van der Waals surface area contributed by atoms with Gasteiger partial charge >= 0.3 is 0 Å². The summed E-state index contributed by atoms with van der Waals surface area (Å²) in [5, 5.41) is 12.4. The summed E-state index contributed by atoms with van der Waals surface area (Å²) in [6, 6.07) is 15.6. The zero-order valence-corrected chi connectivity index (χ0v) is 10.5. The first-order valence-corrected chi connectivity index (χ1v) is 6.30. The molecule has 0 radical (unpaired) electrons. The molecule has 0 unspecified atom stereocenters. The van der Waals surface area contributed by atoms with Crippen molar-refractivity contribution in [2.24, 2.45) is 0 Å². The number of hydrogen-bond acceptors (Lipinski definition) is 3. The highest BCUT2D eigenvalue weighted by Gasteiger charge is 2.03. The largest absolute Gasteiger partial charge is 0.508 e. The molecule has 0 amide bonds. The van der Waals surface area contributed by atoms with Crippen LogP contribution in [0.3, 0.4) is 0 Å². The van der Waals surface area contributed by atoms with E-state index in [1.54, 1.807) is 23.9 Å². The van der Waals surface area contributed by atoms with Gasteiger partial charge in [-0.2, -0.15) is 0 Å². The molecule has 2 aromatic rings. The van der Waals surface area contributed by atoms with Gasteiger partial charge in [0.15, 0.2) is 0 Å². The Morgan fingerprint density at radius 3 is 2.47 bits per heavy atom. The lowest BCUT2D eigenvalue weighted by Gasteiger charge is -2.08. The standard InChI is InChI=1S/C14H15NOS/c1-15-10-11-4-2-3-5-14(11)17-13-8-6-12(16)7-9-13/h2-9,15-16H,10H2,1H3. The maximum absolute atomic E-state index is 9.24. The zero-order valence-electron chi connectivity index (χ0n) is 9.68. The summed E-state index contributed by atoms with van der Waals surface area (Å²) in [6.45, 7) is 0.862. The van der Waals surface area contributed by atoms with Crippen molar-refractivity contribution in [1.82, 2.24) is 5.32 Å². The quantitative estimate of drug-likeness (QED) is 0.867. The van der Waals surface area contributed by atoms with Gasteiger partial charge in [-0.1, -0.05) is 30.0 Å². The van der Waals surface area contributed by atoms with Crippen molar-refractivity contribution in [1.29, 1.82) is 0 Å². The number of hydrogen-bond donors (Lipinski definition) is 2. The Hall–Kier alpha value is -1.45. The number of rotatable bonds is 4. The Labute approximate surface area is 106 Å². The summed E-state index contributed by atoms with van der Waals surface area (Å²) >= 11 is 1.71. The molecular weight excluding hydrogens is 230 g/mol. The summed E-state index contributed by atoms with van der Waals surface area (Å²) in [7, 11) is 1.95. The number of aromatic hydroxyl groups is 1. The smallest absolute Gasteiger partial charge is 0.115 e. The van der Waals surface area contributed by atoms with Crippen LogP contribution in [0.25, 0.3) is 0 Å². The molecular formula is C14H15NOS. The van der Waals surface area contributed by atoms with E-state index in [9.17, 15) is 5.11 Å². The van der Waals surface area contributed by atoms with E-state index in [1.165, 1.54) is 10.5 Å². The van der Waals surface area contributed by atoms with E-state index in [-0.39, 0.29) is 0 Å². The van der Waals surface area contributed by atoms with Gasteiger partial charge in [0.05, 0.1) is 0 Å². The van der Waals surface area contributed by atoms with Crippen LogP contribution < -0.4 is 5.32 Å². The van der Waals surface area contributed by atoms with Crippen molar-refractivity contribution < 1.29 is 5.11 Å². The zero-order chi connectivity index (χ0) is 12.1. The van der Waals surface area contributed by atoms with Gasteiger partial charge in [-0.25, -0.2) is 0 Å². The number of phenols is 1. The summed E-state index contributed by atoms with van der Waals surface area (Å²) in [5.74, 6) is 0.304. The summed E-state index contributed by atoms with van der Waals surface area (Å²) in [6.07, 6.45) is 0. The minimum atomic E-state index is 0.304. The van der Waals surface area contributed by atoms with Crippen molar-refractivity contribution >= 4 is 11.8 Å². The predicted molar refractivity (Wildman–Crippen MR) is 71.4 cm³/mol. The van der Waals surface area contributed by atoms with Gasteiger partial charge in [0.1, 0.15) is 5.75 Å². The third-order valence-corrected chi connectivity index (χ3v) is 3.53. The van der Waals surface area contributed by atoms with E-state index in [1.807, 2.05) is 31.3 Å². The molecule has 0 atom stereocenters. The van der Waals surface area contributed by atoms with Gasteiger partial charge in [-0.3, -0.25) is 0 Å². The monoisotopic (exact) mass is 245 g/mol. The number of phenolic OH excluding ortho intramolecular Hbond substituents is 1. The molecule has 2 rings (SSSR count). The Balaban J connectivity index is 2.20. The van der Waals surface area contributed by atoms with E-state index in [2.05, 4.69) is 17.4 Å². The van der Waals surface area contributed by atoms with Gasteiger partial charge in [-0.05, 0) is 42.9 Å². The third kappa shape index (κ3) is 3.25. The van der Waals surface area contributed by atoms with Crippen LogP contribution in [0.5, 0.6) is 5.75 Å². The molecule has 2 N–H and O–H groups in total. The maximum atomic E-state index is 9.24. The molecule has 0 aliphatic carbocycles. The van der Waals surface area contributed by atoms with Crippen molar-refractivity contribution in [3.63, 3.8) is 0 Å². The van der Waals surface area contributed by atoms with Gasteiger partial charge in [0.25, 0.3) is 0 Å². The molecule has 0 saturated heterocycles. The second-order valence-electron chi connectivity index (χ2n) is 3.73. The van der Waals surface area contributed by atoms with Crippen LogP contribution in [-0.2, 0) is 6.54 Å². The van der Waals surface area contributed by atoms with Crippen LogP contribution in [0.1, 0.15) is 5.56 Å². The first kappa shape index (κ1) is 12.0. The Morgan fingerprint density at radius 2 is 1.76 bits per heavy atom. The SMILES string of the molecule is CNCc1ccccc1Sc1ccc(O)cc1. The van der Waals surface area contributed by atoms with Crippen LogP contribution in [0.15, 0.2) is 58.3 Å². The van der Waals surface area contributed by atoms with Crippen LogP contribution in [0, 0.1) is 0 Å². The Morgan fingerprint density at radius 1 is 1.06 bits per heavy atom. The van der Waals surface area contributed by atoms with E-state index < -0.39 is 0 Å². The highest BCUT2D eigenvalue weighted by molar-refractivity contribution is 7.99. The molecule has 17 heavy (non-hydrogen) atoms. The third-order valence-electron chi connectivity index (χ3n) is 2.40. The fourth-order valence-electron chi connectivity index (χ4n) is 1.58.